The van der Waals surface area contributed by atoms with Crippen molar-refractivity contribution in [1.29, 1.82) is 0 Å². The summed E-state index contributed by atoms with van der Waals surface area (Å²) in [7, 11) is 0. The Balaban J connectivity index is 1.81. The highest BCUT2D eigenvalue weighted by Crippen LogP contribution is 2.14. The maximum atomic E-state index is 5.61. The Hall–Kier alpha value is -1.13. The van der Waals surface area contributed by atoms with Crippen LogP contribution >= 0.6 is 15.9 Å². The Labute approximate surface area is 135 Å². The van der Waals surface area contributed by atoms with Crippen LogP contribution in [0.15, 0.2) is 33.2 Å². The molecule has 3 nitrogen and oxygen atoms in total. The van der Waals surface area contributed by atoms with Crippen LogP contribution in [0, 0.1) is 13.8 Å². The molecule has 0 aliphatic rings. The monoisotopic (exact) mass is 350 g/mol. The van der Waals surface area contributed by atoms with E-state index in [1.165, 1.54) is 5.56 Å². The van der Waals surface area contributed by atoms with Crippen LogP contribution in [0.2, 0.25) is 0 Å². The van der Waals surface area contributed by atoms with Crippen LogP contribution in [0.25, 0.3) is 0 Å². The minimum absolute atomic E-state index is 0.487. The highest BCUT2D eigenvalue weighted by molar-refractivity contribution is 9.10. The van der Waals surface area contributed by atoms with Crippen LogP contribution in [-0.2, 0) is 13.0 Å². The molecule has 0 aliphatic carbocycles. The Morgan fingerprint density at radius 3 is 2.52 bits per heavy atom. The molecule has 1 atom stereocenters. The molecule has 0 saturated carbocycles. The molecule has 2 aromatic rings. The van der Waals surface area contributed by atoms with Crippen molar-refractivity contribution in [1.82, 2.24) is 10.3 Å². The summed E-state index contributed by atoms with van der Waals surface area (Å²) in [5.74, 6) is 1.70. The quantitative estimate of drug-likeness (QED) is 0.795. The van der Waals surface area contributed by atoms with Gasteiger partial charge in [-0.15, -0.1) is 0 Å². The Morgan fingerprint density at radius 2 is 1.95 bits per heavy atom. The lowest BCUT2D eigenvalue weighted by molar-refractivity contribution is 0.403. The highest BCUT2D eigenvalue weighted by atomic mass is 79.9. The van der Waals surface area contributed by atoms with Crippen LogP contribution in [-0.4, -0.2) is 11.0 Å². The van der Waals surface area contributed by atoms with Gasteiger partial charge in [0.25, 0.3) is 0 Å². The van der Waals surface area contributed by atoms with Crippen molar-refractivity contribution >= 4 is 15.9 Å². The summed E-state index contributed by atoms with van der Waals surface area (Å²) in [6.07, 6.45) is 3.31. The molecule has 4 heteroatoms. The van der Waals surface area contributed by atoms with Crippen molar-refractivity contribution in [2.24, 2.45) is 0 Å². The summed E-state index contributed by atoms with van der Waals surface area (Å²) < 4.78 is 6.74. The number of rotatable bonds is 7. The van der Waals surface area contributed by atoms with Gasteiger partial charge in [-0.25, -0.2) is 4.98 Å². The molecule has 21 heavy (non-hydrogen) atoms. The standard InChI is InChI=1S/C17H23BrN2O/c1-4-16(10-7-14-5-8-15(18)9-6-14)19-11-17-20-12(2)13(3)21-17/h5-6,8-9,16,19H,4,7,10-11H2,1-3H3/t16-/m1/s1. The summed E-state index contributed by atoms with van der Waals surface area (Å²) in [6, 6.07) is 9.04. The van der Waals surface area contributed by atoms with Gasteiger partial charge in [0.15, 0.2) is 0 Å². The van der Waals surface area contributed by atoms with Crippen molar-refractivity contribution < 1.29 is 4.42 Å². The average molecular weight is 351 g/mol. The number of aromatic nitrogens is 1. The molecular weight excluding hydrogens is 328 g/mol. The average Bonchev–Trinajstić information content (AvgIpc) is 2.80. The smallest absolute Gasteiger partial charge is 0.208 e. The van der Waals surface area contributed by atoms with Gasteiger partial charge in [-0.3, -0.25) is 0 Å². The summed E-state index contributed by atoms with van der Waals surface area (Å²) in [5, 5.41) is 3.54. The molecule has 0 bridgehead atoms. The lowest BCUT2D eigenvalue weighted by atomic mass is 10.0. The number of halogens is 1. The van der Waals surface area contributed by atoms with Crippen LogP contribution in [0.5, 0.6) is 0 Å². The molecule has 1 heterocycles. The van der Waals surface area contributed by atoms with Gasteiger partial charge in [0, 0.05) is 10.5 Å². The largest absolute Gasteiger partial charge is 0.444 e. The van der Waals surface area contributed by atoms with E-state index in [2.05, 4.69) is 57.4 Å². The maximum absolute atomic E-state index is 5.61. The van der Waals surface area contributed by atoms with E-state index in [0.717, 1.165) is 41.1 Å². The lowest BCUT2D eigenvalue weighted by Gasteiger charge is -2.15. The first-order valence-electron chi connectivity index (χ1n) is 7.49. The van der Waals surface area contributed by atoms with Gasteiger partial charge in [-0.1, -0.05) is 35.0 Å². The minimum Gasteiger partial charge on any atom is -0.444 e. The number of hydrogen-bond acceptors (Lipinski definition) is 3. The van der Waals surface area contributed by atoms with Crippen molar-refractivity contribution in [3.05, 3.63) is 51.6 Å². The lowest BCUT2D eigenvalue weighted by Crippen LogP contribution is -2.28. The Morgan fingerprint density at radius 1 is 1.24 bits per heavy atom. The van der Waals surface area contributed by atoms with Gasteiger partial charge in [-0.05, 0) is 50.8 Å². The summed E-state index contributed by atoms with van der Waals surface area (Å²) in [4.78, 5) is 4.41. The third-order valence-corrected chi connectivity index (χ3v) is 4.33. The number of benzene rings is 1. The van der Waals surface area contributed by atoms with Gasteiger partial charge >= 0.3 is 0 Å². The van der Waals surface area contributed by atoms with Crippen LogP contribution in [0.3, 0.4) is 0 Å². The first-order chi connectivity index (χ1) is 10.1. The zero-order valence-electron chi connectivity index (χ0n) is 12.9. The molecular formula is C17H23BrN2O. The molecule has 0 aliphatic heterocycles. The van der Waals surface area contributed by atoms with Crippen molar-refractivity contribution in [3.8, 4) is 0 Å². The maximum Gasteiger partial charge on any atom is 0.208 e. The Bertz CT molecular complexity index is 543. The second-order valence-corrected chi connectivity index (χ2v) is 6.32. The first-order valence-corrected chi connectivity index (χ1v) is 8.28. The second-order valence-electron chi connectivity index (χ2n) is 5.40. The predicted octanol–water partition coefficient (Wildman–Crippen LogP) is 4.55. The molecule has 1 aromatic heterocycles. The third-order valence-electron chi connectivity index (χ3n) is 3.80. The molecule has 114 valence electrons. The van der Waals surface area contributed by atoms with Gasteiger partial charge < -0.3 is 9.73 Å². The molecule has 0 amide bonds. The summed E-state index contributed by atoms with van der Waals surface area (Å²) in [5.41, 5.74) is 2.36. The van der Waals surface area contributed by atoms with Crippen molar-refractivity contribution in [3.63, 3.8) is 0 Å². The second kappa shape index (κ2) is 7.76. The van der Waals surface area contributed by atoms with E-state index in [-0.39, 0.29) is 0 Å². The number of nitrogens with one attached hydrogen (secondary N) is 1. The molecule has 0 radical (unpaired) electrons. The number of nitrogens with zero attached hydrogens (tertiary/aromatic N) is 1. The van der Waals surface area contributed by atoms with Crippen molar-refractivity contribution in [2.75, 3.05) is 0 Å². The van der Waals surface area contributed by atoms with Gasteiger partial charge in [0.1, 0.15) is 5.76 Å². The van der Waals surface area contributed by atoms with E-state index < -0.39 is 0 Å². The SMILES string of the molecule is CC[C@H](CCc1ccc(Br)cc1)NCc1nc(C)c(C)o1. The number of aryl methyl sites for hydroxylation is 3. The van der Waals surface area contributed by atoms with Crippen LogP contribution in [0.1, 0.15) is 42.7 Å². The highest BCUT2D eigenvalue weighted by Gasteiger charge is 2.10. The normalized spacial score (nSPS) is 12.6. The molecule has 2 rings (SSSR count). The third kappa shape index (κ3) is 4.97. The molecule has 1 aromatic carbocycles. The number of oxazole rings is 1. The molecule has 1 N–H and O–H groups in total. The van der Waals surface area contributed by atoms with E-state index in [9.17, 15) is 0 Å². The van der Waals surface area contributed by atoms with E-state index in [4.69, 9.17) is 4.42 Å². The summed E-state index contributed by atoms with van der Waals surface area (Å²) >= 11 is 3.47. The Kier molecular flexibility index (Phi) is 6.00. The zero-order valence-corrected chi connectivity index (χ0v) is 14.5. The zero-order chi connectivity index (χ0) is 15.2. The van der Waals surface area contributed by atoms with Crippen LogP contribution < -0.4 is 5.32 Å². The van der Waals surface area contributed by atoms with E-state index in [1.54, 1.807) is 0 Å². The summed E-state index contributed by atoms with van der Waals surface area (Å²) in [6.45, 7) is 6.85. The predicted molar refractivity (Wildman–Crippen MR) is 89.4 cm³/mol. The molecule has 0 fully saturated rings. The fourth-order valence-corrected chi connectivity index (χ4v) is 2.55. The first kappa shape index (κ1) is 16.2. The molecule has 0 saturated heterocycles. The fraction of sp³-hybridized carbons (Fsp3) is 0.471. The fourth-order valence-electron chi connectivity index (χ4n) is 2.29. The van der Waals surface area contributed by atoms with E-state index in [1.807, 2.05) is 13.8 Å². The van der Waals surface area contributed by atoms with Crippen molar-refractivity contribution in [2.45, 2.75) is 52.6 Å². The molecule has 0 unspecified atom stereocenters. The molecule has 0 spiro atoms. The van der Waals surface area contributed by atoms with Gasteiger partial charge in [-0.2, -0.15) is 0 Å². The minimum atomic E-state index is 0.487. The van der Waals surface area contributed by atoms with Gasteiger partial charge in [0.05, 0.1) is 12.2 Å². The van der Waals surface area contributed by atoms with Crippen LogP contribution in [0.4, 0.5) is 0 Å². The van der Waals surface area contributed by atoms with E-state index >= 15 is 0 Å². The van der Waals surface area contributed by atoms with Gasteiger partial charge in [0.2, 0.25) is 5.89 Å². The number of hydrogen-bond donors (Lipinski definition) is 1. The van der Waals surface area contributed by atoms with E-state index in [0.29, 0.717) is 12.6 Å². The topological polar surface area (TPSA) is 38.1 Å².